The number of hydrogen-bond donors (Lipinski definition) is 1. The average Bonchev–Trinajstić information content (AvgIpc) is 2.48. The molecule has 0 saturated heterocycles. The Morgan fingerprint density at radius 2 is 1.74 bits per heavy atom. The van der Waals surface area contributed by atoms with Crippen molar-refractivity contribution < 1.29 is 13.2 Å². The van der Waals surface area contributed by atoms with E-state index in [4.69, 9.17) is 0 Å². The van der Waals surface area contributed by atoms with Crippen LogP contribution in [0.15, 0.2) is 42.5 Å². The fraction of sp³-hybridized carbons (Fsp3) is 0.188. The van der Waals surface area contributed by atoms with Gasteiger partial charge >= 0.3 is 0 Å². The number of aryl methyl sites for hydroxylation is 1. The molecule has 0 radical (unpaired) electrons. The molecule has 1 amide bonds. The van der Waals surface area contributed by atoms with E-state index in [1.807, 2.05) is 24.3 Å². The Balaban J connectivity index is 2.22. The van der Waals surface area contributed by atoms with Crippen molar-refractivity contribution in [1.82, 2.24) is 0 Å². The number of rotatable bonds is 4. The minimum atomic E-state index is -3.33. The highest BCUT2D eigenvalue weighted by atomic mass is 127. The van der Waals surface area contributed by atoms with Gasteiger partial charge < -0.3 is 5.32 Å². The maximum Gasteiger partial charge on any atom is 0.255 e. The van der Waals surface area contributed by atoms with E-state index in [2.05, 4.69) is 27.9 Å². The summed E-state index contributed by atoms with van der Waals surface area (Å²) in [5, 5.41) is 2.82. The second-order valence-electron chi connectivity index (χ2n) is 5.19. The zero-order valence-electron chi connectivity index (χ0n) is 13.0. The van der Waals surface area contributed by atoms with Gasteiger partial charge in [-0.25, -0.2) is 8.42 Å². The molecular weight excluding hydrogens is 427 g/mol. The smallest absolute Gasteiger partial charge is 0.255 e. The van der Waals surface area contributed by atoms with Crippen molar-refractivity contribution in [3.63, 3.8) is 0 Å². The summed E-state index contributed by atoms with van der Waals surface area (Å²) in [5.41, 5.74) is 2.46. The summed E-state index contributed by atoms with van der Waals surface area (Å²) in [4.78, 5) is 12.3. The molecule has 0 aliphatic carbocycles. The number of benzene rings is 2. The first-order valence-electron chi connectivity index (χ1n) is 6.80. The first-order chi connectivity index (χ1) is 10.7. The highest BCUT2D eigenvalue weighted by molar-refractivity contribution is 14.1. The van der Waals surface area contributed by atoms with E-state index in [9.17, 15) is 13.2 Å². The predicted molar refractivity (Wildman–Crippen MR) is 102 cm³/mol. The average molecular weight is 444 g/mol. The van der Waals surface area contributed by atoms with Gasteiger partial charge in [-0.05, 0) is 77.5 Å². The van der Waals surface area contributed by atoms with E-state index >= 15 is 0 Å². The summed E-state index contributed by atoms with van der Waals surface area (Å²) in [5.74, 6) is -0.233. The highest BCUT2D eigenvalue weighted by Crippen LogP contribution is 2.23. The Bertz CT molecular complexity index is 833. The second kappa shape index (κ2) is 6.88. The Kier molecular flexibility index (Phi) is 5.30. The number of amides is 1. The quantitative estimate of drug-likeness (QED) is 0.737. The standard InChI is InChI=1S/C16H17IN2O3S/c1-11-10-12(4-9-15(11)19(2)23(3,21)22)16(20)18-14-7-5-13(17)6-8-14/h4-10H,1-3H3,(H,18,20). The normalized spacial score (nSPS) is 11.1. The lowest BCUT2D eigenvalue weighted by Gasteiger charge is -2.19. The molecule has 0 fully saturated rings. The third-order valence-corrected chi connectivity index (χ3v) is 5.31. The third-order valence-electron chi connectivity index (χ3n) is 3.40. The lowest BCUT2D eigenvalue weighted by atomic mass is 10.1. The van der Waals surface area contributed by atoms with Crippen LogP contribution in [0.25, 0.3) is 0 Å². The number of hydrogen-bond acceptors (Lipinski definition) is 3. The van der Waals surface area contributed by atoms with Crippen LogP contribution in [0.5, 0.6) is 0 Å². The Labute approximate surface area is 149 Å². The van der Waals surface area contributed by atoms with E-state index in [1.54, 1.807) is 25.1 Å². The van der Waals surface area contributed by atoms with Gasteiger partial charge in [0.25, 0.3) is 5.91 Å². The van der Waals surface area contributed by atoms with Gasteiger partial charge in [0.1, 0.15) is 0 Å². The van der Waals surface area contributed by atoms with Gasteiger partial charge in [0.05, 0.1) is 11.9 Å². The fourth-order valence-corrected chi connectivity index (χ4v) is 2.99. The number of nitrogens with zero attached hydrogens (tertiary/aromatic N) is 1. The molecule has 0 heterocycles. The van der Waals surface area contributed by atoms with Crippen LogP contribution in [0, 0.1) is 10.5 Å². The van der Waals surface area contributed by atoms with Gasteiger partial charge in [-0.2, -0.15) is 0 Å². The van der Waals surface area contributed by atoms with Crippen LogP contribution < -0.4 is 9.62 Å². The first kappa shape index (κ1) is 17.7. The molecule has 2 aromatic carbocycles. The summed E-state index contributed by atoms with van der Waals surface area (Å²) in [6, 6.07) is 12.4. The molecule has 7 heteroatoms. The van der Waals surface area contributed by atoms with Crippen LogP contribution in [-0.2, 0) is 10.0 Å². The van der Waals surface area contributed by atoms with Crippen molar-refractivity contribution in [1.29, 1.82) is 0 Å². The van der Waals surface area contributed by atoms with E-state index < -0.39 is 10.0 Å². The van der Waals surface area contributed by atoms with Gasteiger partial charge in [-0.15, -0.1) is 0 Å². The number of sulfonamides is 1. The molecule has 0 atom stereocenters. The van der Waals surface area contributed by atoms with Gasteiger partial charge in [0, 0.05) is 21.9 Å². The zero-order valence-corrected chi connectivity index (χ0v) is 16.0. The summed E-state index contributed by atoms with van der Waals surface area (Å²) in [6.07, 6.45) is 1.14. The molecule has 0 aromatic heterocycles. The van der Waals surface area contributed by atoms with E-state index in [1.165, 1.54) is 11.4 Å². The van der Waals surface area contributed by atoms with E-state index in [0.29, 0.717) is 22.5 Å². The Morgan fingerprint density at radius 3 is 2.26 bits per heavy atom. The molecule has 0 saturated carbocycles. The lowest BCUT2D eigenvalue weighted by molar-refractivity contribution is 0.102. The van der Waals surface area contributed by atoms with Crippen molar-refractivity contribution >= 4 is 49.9 Å². The van der Waals surface area contributed by atoms with Crippen LogP contribution in [-0.4, -0.2) is 27.6 Å². The molecule has 5 nitrogen and oxygen atoms in total. The van der Waals surface area contributed by atoms with Gasteiger partial charge in [0.15, 0.2) is 0 Å². The summed E-state index contributed by atoms with van der Waals surface area (Å²) in [7, 11) is -1.84. The molecule has 2 rings (SSSR count). The minimum absolute atomic E-state index is 0.233. The van der Waals surface area contributed by atoms with Crippen LogP contribution in [0.4, 0.5) is 11.4 Å². The number of anilines is 2. The third kappa shape index (κ3) is 4.44. The zero-order chi connectivity index (χ0) is 17.2. The molecule has 122 valence electrons. The molecule has 0 bridgehead atoms. The molecule has 1 N–H and O–H groups in total. The van der Waals surface area contributed by atoms with Crippen LogP contribution in [0.3, 0.4) is 0 Å². The number of carbonyl (C=O) groups excluding carboxylic acids is 1. The maximum atomic E-state index is 12.3. The molecule has 0 spiro atoms. The Morgan fingerprint density at radius 1 is 1.13 bits per heavy atom. The van der Waals surface area contributed by atoms with Crippen LogP contribution >= 0.6 is 22.6 Å². The predicted octanol–water partition coefficient (Wildman–Crippen LogP) is 3.25. The molecular formula is C16H17IN2O3S. The van der Waals surface area contributed by atoms with Crippen molar-refractivity contribution in [2.45, 2.75) is 6.92 Å². The summed E-state index contributed by atoms with van der Waals surface area (Å²) in [6.45, 7) is 1.78. The molecule has 2 aromatic rings. The SMILES string of the molecule is Cc1cc(C(=O)Nc2ccc(I)cc2)ccc1N(C)S(C)(=O)=O. The van der Waals surface area contributed by atoms with E-state index in [-0.39, 0.29) is 5.91 Å². The van der Waals surface area contributed by atoms with Gasteiger partial charge in [-0.1, -0.05) is 0 Å². The van der Waals surface area contributed by atoms with Gasteiger partial charge in [0.2, 0.25) is 10.0 Å². The highest BCUT2D eigenvalue weighted by Gasteiger charge is 2.16. The second-order valence-corrected chi connectivity index (χ2v) is 8.45. The van der Waals surface area contributed by atoms with Crippen molar-refractivity contribution in [2.24, 2.45) is 0 Å². The molecule has 0 aliphatic rings. The van der Waals surface area contributed by atoms with Crippen molar-refractivity contribution in [3.05, 3.63) is 57.2 Å². The van der Waals surface area contributed by atoms with Crippen molar-refractivity contribution in [2.75, 3.05) is 22.9 Å². The van der Waals surface area contributed by atoms with Crippen LogP contribution in [0.1, 0.15) is 15.9 Å². The molecule has 23 heavy (non-hydrogen) atoms. The minimum Gasteiger partial charge on any atom is -0.322 e. The molecule has 0 aliphatic heterocycles. The molecule has 0 unspecified atom stereocenters. The maximum absolute atomic E-state index is 12.3. The van der Waals surface area contributed by atoms with Crippen molar-refractivity contribution in [3.8, 4) is 0 Å². The summed E-state index contributed by atoms with van der Waals surface area (Å²) < 4.78 is 25.5. The lowest BCUT2D eigenvalue weighted by Crippen LogP contribution is -2.25. The van der Waals surface area contributed by atoms with Gasteiger partial charge in [-0.3, -0.25) is 9.10 Å². The first-order valence-corrected chi connectivity index (χ1v) is 9.72. The monoisotopic (exact) mass is 444 g/mol. The largest absolute Gasteiger partial charge is 0.322 e. The number of carbonyl (C=O) groups is 1. The summed E-state index contributed by atoms with van der Waals surface area (Å²) >= 11 is 2.20. The topological polar surface area (TPSA) is 66.5 Å². The number of nitrogens with one attached hydrogen (secondary N) is 1. The van der Waals surface area contributed by atoms with E-state index in [0.717, 1.165) is 9.83 Å². The van der Waals surface area contributed by atoms with Crippen LogP contribution in [0.2, 0.25) is 0 Å². The Hall–Kier alpha value is -1.61. The fourth-order valence-electron chi connectivity index (χ4n) is 2.07. The number of halogens is 1.